The van der Waals surface area contributed by atoms with Crippen LogP contribution in [-0.4, -0.2) is 72.8 Å². The number of amidine groups is 1. The number of halogens is 1. The molecule has 0 unspecified atom stereocenters. The minimum Gasteiger partial charge on any atom is -0.371 e. The molecule has 0 spiro atoms. The van der Waals surface area contributed by atoms with E-state index in [0.717, 1.165) is 61.0 Å². The number of piperazine rings is 1. The summed E-state index contributed by atoms with van der Waals surface area (Å²) >= 11 is 3.44. The molecule has 1 fully saturated rings. The second-order valence-corrected chi connectivity index (χ2v) is 7.20. The summed E-state index contributed by atoms with van der Waals surface area (Å²) in [5.41, 5.74) is 1.56. The van der Waals surface area contributed by atoms with Crippen molar-refractivity contribution in [2.45, 2.75) is 6.92 Å². The van der Waals surface area contributed by atoms with Gasteiger partial charge in [0.25, 0.3) is 5.91 Å². The van der Waals surface area contributed by atoms with Crippen molar-refractivity contribution in [3.8, 4) is 0 Å². The van der Waals surface area contributed by atoms with E-state index in [1.807, 2.05) is 47.3 Å². The van der Waals surface area contributed by atoms with Crippen LogP contribution in [0.1, 0.15) is 17.3 Å². The fourth-order valence-electron chi connectivity index (χ4n) is 3.03. The summed E-state index contributed by atoms with van der Waals surface area (Å²) in [6.45, 7) is 7.43. The Morgan fingerprint density at radius 3 is 2.48 bits per heavy atom. The maximum absolute atomic E-state index is 12.6. The van der Waals surface area contributed by atoms with Gasteiger partial charge in [-0.25, -0.2) is 4.99 Å². The Labute approximate surface area is 157 Å². The predicted octanol–water partition coefficient (Wildman–Crippen LogP) is 2.22. The monoisotopic (exact) mass is 405 g/mol. The van der Waals surface area contributed by atoms with Gasteiger partial charge in [-0.3, -0.25) is 4.79 Å². The van der Waals surface area contributed by atoms with Crippen molar-refractivity contribution < 1.29 is 4.79 Å². The lowest BCUT2D eigenvalue weighted by Crippen LogP contribution is -2.48. The van der Waals surface area contributed by atoms with Crippen molar-refractivity contribution in [1.29, 1.82) is 0 Å². The average molecular weight is 406 g/mol. The van der Waals surface area contributed by atoms with Crippen LogP contribution in [0.15, 0.2) is 40.1 Å². The van der Waals surface area contributed by atoms with Crippen LogP contribution in [0.5, 0.6) is 0 Å². The molecule has 2 aliphatic heterocycles. The number of aliphatic imine (C=N–C) groups is 1. The minimum atomic E-state index is 0.108. The van der Waals surface area contributed by atoms with Crippen molar-refractivity contribution in [2.75, 3.05) is 46.3 Å². The van der Waals surface area contributed by atoms with Crippen molar-refractivity contribution in [3.05, 3.63) is 40.6 Å². The molecule has 6 nitrogen and oxygen atoms in total. The Kier molecular flexibility index (Phi) is 5.75. The molecule has 0 radical (unpaired) electrons. The largest absolute Gasteiger partial charge is 0.371 e. The zero-order valence-electron chi connectivity index (χ0n) is 14.7. The average Bonchev–Trinajstić information content (AvgIpc) is 2.61. The SMILES string of the molecule is CCN1CCN(C(=O)c2ccc(N=C3CN(C)C=C(Br)N3)cc2)CC1. The maximum atomic E-state index is 12.6. The van der Waals surface area contributed by atoms with E-state index in [0.29, 0.717) is 0 Å². The molecule has 0 aliphatic carbocycles. The molecule has 0 aromatic heterocycles. The molecule has 2 aliphatic rings. The fraction of sp³-hybridized carbons (Fsp3) is 0.444. The summed E-state index contributed by atoms with van der Waals surface area (Å²) in [5, 5.41) is 3.20. The standard InChI is InChI=1S/C18H24BrN5O/c1-3-23-8-10-24(11-9-23)18(25)14-4-6-15(7-5-14)20-17-13-22(2)12-16(19)21-17/h4-7,12H,3,8-11,13H2,1-2H3,(H,20,21). The van der Waals surface area contributed by atoms with Crippen LogP contribution in [0, 0.1) is 0 Å². The highest BCUT2D eigenvalue weighted by Crippen LogP contribution is 2.17. The van der Waals surface area contributed by atoms with Gasteiger partial charge in [-0.05, 0) is 46.7 Å². The maximum Gasteiger partial charge on any atom is 0.253 e. The van der Waals surface area contributed by atoms with Crippen molar-refractivity contribution in [2.24, 2.45) is 4.99 Å². The molecule has 1 aromatic carbocycles. The van der Waals surface area contributed by atoms with Gasteiger partial charge in [0.05, 0.1) is 16.8 Å². The normalized spacial score (nSPS) is 20.4. The predicted molar refractivity (Wildman–Crippen MR) is 104 cm³/mol. The summed E-state index contributed by atoms with van der Waals surface area (Å²) in [6, 6.07) is 7.53. The van der Waals surface area contributed by atoms with Gasteiger partial charge in [0.2, 0.25) is 0 Å². The Balaban J connectivity index is 1.64. The number of hydrogen-bond donors (Lipinski definition) is 1. The zero-order chi connectivity index (χ0) is 17.8. The van der Waals surface area contributed by atoms with Crippen LogP contribution in [0.25, 0.3) is 0 Å². The molecule has 3 rings (SSSR count). The number of amides is 1. The summed E-state index contributed by atoms with van der Waals surface area (Å²) in [5.74, 6) is 0.975. The highest BCUT2D eigenvalue weighted by Gasteiger charge is 2.21. The Morgan fingerprint density at radius 1 is 1.20 bits per heavy atom. The number of hydrogen-bond acceptors (Lipinski definition) is 4. The molecule has 1 saturated heterocycles. The van der Waals surface area contributed by atoms with E-state index in [1.165, 1.54) is 0 Å². The minimum absolute atomic E-state index is 0.108. The third-order valence-electron chi connectivity index (χ3n) is 4.48. The highest BCUT2D eigenvalue weighted by molar-refractivity contribution is 9.11. The van der Waals surface area contributed by atoms with Crippen molar-refractivity contribution >= 4 is 33.4 Å². The fourth-order valence-corrected chi connectivity index (χ4v) is 3.61. The number of likely N-dealkylation sites (N-methyl/N-ethyl adjacent to an activating group) is 2. The summed E-state index contributed by atoms with van der Waals surface area (Å²) in [7, 11) is 2.00. The molecule has 0 atom stereocenters. The number of nitrogens with zero attached hydrogens (tertiary/aromatic N) is 4. The van der Waals surface area contributed by atoms with Gasteiger partial charge in [-0.2, -0.15) is 0 Å². The molecule has 1 N–H and O–H groups in total. The summed E-state index contributed by atoms with van der Waals surface area (Å²) in [4.78, 5) is 23.6. The Hall–Kier alpha value is -1.86. The van der Waals surface area contributed by atoms with Crippen molar-refractivity contribution in [1.82, 2.24) is 20.0 Å². The van der Waals surface area contributed by atoms with E-state index in [-0.39, 0.29) is 5.91 Å². The first-order chi connectivity index (χ1) is 12.0. The van der Waals surface area contributed by atoms with Crippen molar-refractivity contribution in [3.63, 3.8) is 0 Å². The lowest BCUT2D eigenvalue weighted by molar-refractivity contribution is 0.0643. The van der Waals surface area contributed by atoms with Gasteiger partial charge in [-0.1, -0.05) is 6.92 Å². The Morgan fingerprint density at radius 2 is 1.88 bits per heavy atom. The summed E-state index contributed by atoms with van der Waals surface area (Å²) < 4.78 is 0.887. The lowest BCUT2D eigenvalue weighted by atomic mass is 10.1. The molecule has 2 heterocycles. The number of benzene rings is 1. The van der Waals surface area contributed by atoms with E-state index in [1.54, 1.807) is 0 Å². The van der Waals surface area contributed by atoms with Gasteiger partial charge in [0.1, 0.15) is 5.84 Å². The van der Waals surface area contributed by atoms with Gasteiger partial charge < -0.3 is 20.0 Å². The molecular formula is C18H24BrN5O. The smallest absolute Gasteiger partial charge is 0.253 e. The van der Waals surface area contributed by atoms with E-state index in [9.17, 15) is 4.79 Å². The zero-order valence-corrected chi connectivity index (χ0v) is 16.3. The third-order valence-corrected chi connectivity index (χ3v) is 4.88. The molecule has 134 valence electrons. The van der Waals surface area contributed by atoms with Crippen LogP contribution >= 0.6 is 15.9 Å². The quantitative estimate of drug-likeness (QED) is 0.783. The van der Waals surface area contributed by atoms with Gasteiger partial charge in [-0.15, -0.1) is 0 Å². The van der Waals surface area contributed by atoms with Crippen LogP contribution in [-0.2, 0) is 0 Å². The molecule has 0 bridgehead atoms. The van der Waals surface area contributed by atoms with E-state index in [4.69, 9.17) is 0 Å². The number of nitrogens with one attached hydrogen (secondary N) is 1. The summed E-state index contributed by atoms with van der Waals surface area (Å²) in [6.07, 6.45) is 1.97. The van der Waals surface area contributed by atoms with Crippen LogP contribution in [0.4, 0.5) is 5.69 Å². The molecule has 1 aromatic rings. The molecular weight excluding hydrogens is 382 g/mol. The van der Waals surface area contributed by atoms with Crippen LogP contribution in [0.2, 0.25) is 0 Å². The second kappa shape index (κ2) is 8.01. The molecule has 25 heavy (non-hydrogen) atoms. The van der Waals surface area contributed by atoms with E-state index >= 15 is 0 Å². The Bertz CT molecular complexity index is 677. The van der Waals surface area contributed by atoms with Gasteiger partial charge in [0.15, 0.2) is 0 Å². The second-order valence-electron chi connectivity index (χ2n) is 6.35. The van der Waals surface area contributed by atoms with E-state index in [2.05, 4.69) is 38.1 Å². The van der Waals surface area contributed by atoms with Crippen LogP contribution < -0.4 is 5.32 Å². The highest BCUT2D eigenvalue weighted by atomic mass is 79.9. The lowest BCUT2D eigenvalue weighted by Gasteiger charge is -2.34. The van der Waals surface area contributed by atoms with E-state index < -0.39 is 0 Å². The van der Waals surface area contributed by atoms with Gasteiger partial charge >= 0.3 is 0 Å². The molecule has 7 heteroatoms. The third kappa shape index (κ3) is 4.61. The molecule has 0 saturated carbocycles. The number of rotatable bonds is 3. The number of carbonyl (C=O) groups is 1. The van der Waals surface area contributed by atoms with Crippen LogP contribution in [0.3, 0.4) is 0 Å². The molecule has 1 amide bonds. The van der Waals surface area contributed by atoms with Gasteiger partial charge in [0, 0.05) is 45.0 Å². The first kappa shape index (κ1) is 17.9. The first-order valence-electron chi connectivity index (χ1n) is 8.59. The topological polar surface area (TPSA) is 51.2 Å². The number of carbonyl (C=O) groups excluding carboxylic acids is 1. The first-order valence-corrected chi connectivity index (χ1v) is 9.38.